The number of benzene rings is 1. The lowest BCUT2D eigenvalue weighted by Gasteiger charge is -2.39. The minimum Gasteiger partial charge on any atom is -0.486 e. The summed E-state index contributed by atoms with van der Waals surface area (Å²) in [6, 6.07) is 4.86. The van der Waals surface area contributed by atoms with Crippen LogP contribution in [0.15, 0.2) is 18.2 Å². The molecular weight excluding hydrogens is 369 g/mol. The van der Waals surface area contributed by atoms with E-state index in [0.717, 1.165) is 0 Å². The average molecular weight is 393 g/mol. The van der Waals surface area contributed by atoms with Crippen molar-refractivity contribution in [3.63, 3.8) is 0 Å². The van der Waals surface area contributed by atoms with Gasteiger partial charge in [-0.15, -0.1) is 0 Å². The van der Waals surface area contributed by atoms with Gasteiger partial charge >= 0.3 is 6.03 Å². The molecule has 152 valence electrons. The molecule has 8 nitrogen and oxygen atoms in total. The summed E-state index contributed by atoms with van der Waals surface area (Å²) in [5.41, 5.74) is -1.33. The number of alkyl halides is 1. The molecule has 2 fully saturated rings. The maximum Gasteiger partial charge on any atom is 0.321 e. The summed E-state index contributed by atoms with van der Waals surface area (Å²) in [5.74, 6) is 0.746. The first-order chi connectivity index (χ1) is 13.5. The summed E-state index contributed by atoms with van der Waals surface area (Å²) in [7, 11) is 0. The summed E-state index contributed by atoms with van der Waals surface area (Å²) < 4.78 is 31.4. The van der Waals surface area contributed by atoms with Gasteiger partial charge in [0.2, 0.25) is 0 Å². The van der Waals surface area contributed by atoms with Crippen molar-refractivity contribution in [1.29, 1.82) is 0 Å². The number of rotatable bonds is 2. The van der Waals surface area contributed by atoms with Gasteiger partial charge in [0, 0.05) is 50.8 Å². The third kappa shape index (κ3) is 3.84. The highest BCUT2D eigenvalue weighted by molar-refractivity contribution is 5.90. The van der Waals surface area contributed by atoms with Crippen LogP contribution < -0.4 is 14.8 Å². The van der Waals surface area contributed by atoms with Crippen molar-refractivity contribution in [1.82, 2.24) is 9.80 Å². The number of hydrogen-bond donors (Lipinski definition) is 1. The van der Waals surface area contributed by atoms with Crippen LogP contribution in [0.5, 0.6) is 11.5 Å². The smallest absolute Gasteiger partial charge is 0.321 e. The highest BCUT2D eigenvalue weighted by Gasteiger charge is 2.45. The van der Waals surface area contributed by atoms with Crippen LogP contribution in [0.1, 0.15) is 12.8 Å². The van der Waals surface area contributed by atoms with Crippen molar-refractivity contribution < 1.29 is 28.2 Å². The Kier molecular flexibility index (Phi) is 5.25. The highest BCUT2D eigenvalue weighted by Crippen LogP contribution is 2.33. The Morgan fingerprint density at radius 3 is 2.32 bits per heavy atom. The zero-order chi connectivity index (χ0) is 19.6. The first-order valence-electron chi connectivity index (χ1n) is 9.57. The molecule has 0 bridgehead atoms. The van der Waals surface area contributed by atoms with Crippen molar-refractivity contribution >= 4 is 17.6 Å². The quantitative estimate of drug-likeness (QED) is 0.827. The number of nitrogens with zero attached hydrogens (tertiary/aromatic N) is 2. The topological polar surface area (TPSA) is 80.3 Å². The molecule has 3 aliphatic heterocycles. The lowest BCUT2D eigenvalue weighted by Crippen LogP contribution is -2.55. The van der Waals surface area contributed by atoms with Gasteiger partial charge in [0.15, 0.2) is 17.2 Å². The Bertz CT molecular complexity index is 745. The van der Waals surface area contributed by atoms with Crippen molar-refractivity contribution in [2.45, 2.75) is 18.5 Å². The predicted octanol–water partition coefficient (Wildman–Crippen LogP) is 1.65. The molecule has 0 spiro atoms. The summed E-state index contributed by atoms with van der Waals surface area (Å²) in [6.07, 6.45) is -0.00447. The van der Waals surface area contributed by atoms with Crippen LogP contribution in [0.4, 0.5) is 14.9 Å². The van der Waals surface area contributed by atoms with E-state index in [9.17, 15) is 9.59 Å². The van der Waals surface area contributed by atoms with E-state index in [1.54, 1.807) is 18.2 Å². The minimum absolute atomic E-state index is 0.00223. The number of nitrogens with one attached hydrogen (secondary N) is 1. The molecule has 9 heteroatoms. The number of morpholine rings is 1. The molecule has 0 unspecified atom stereocenters. The van der Waals surface area contributed by atoms with Gasteiger partial charge in [0.1, 0.15) is 13.2 Å². The zero-order valence-electron chi connectivity index (χ0n) is 15.6. The number of anilines is 1. The van der Waals surface area contributed by atoms with Crippen LogP contribution in [0.2, 0.25) is 0 Å². The molecule has 1 aromatic carbocycles. The maximum atomic E-state index is 15.2. The van der Waals surface area contributed by atoms with Crippen LogP contribution >= 0.6 is 0 Å². The molecule has 4 rings (SSSR count). The first-order valence-corrected chi connectivity index (χ1v) is 9.57. The van der Waals surface area contributed by atoms with Crippen molar-refractivity contribution in [2.24, 2.45) is 0 Å². The summed E-state index contributed by atoms with van der Waals surface area (Å²) >= 11 is 0. The molecule has 0 aliphatic carbocycles. The number of carbonyl (C=O) groups excluding carboxylic acids is 2. The number of ether oxygens (including phenoxy) is 3. The van der Waals surface area contributed by atoms with Gasteiger partial charge in [-0.3, -0.25) is 4.79 Å². The van der Waals surface area contributed by atoms with Gasteiger partial charge in [0.05, 0.1) is 13.2 Å². The standard InChI is InChI=1S/C19H24FN3O5/c20-19(17(24)22-7-9-26-10-8-22)3-5-23(6-4-19)18(25)21-14-1-2-15-16(13-14)28-12-11-27-15/h1-2,13H,3-12H2,(H,21,25). The van der Waals surface area contributed by atoms with Crippen LogP contribution in [-0.2, 0) is 9.53 Å². The van der Waals surface area contributed by atoms with E-state index >= 15 is 4.39 Å². The van der Waals surface area contributed by atoms with E-state index in [4.69, 9.17) is 14.2 Å². The van der Waals surface area contributed by atoms with E-state index in [0.29, 0.717) is 56.7 Å². The number of amides is 3. The Morgan fingerprint density at radius 2 is 1.61 bits per heavy atom. The molecule has 28 heavy (non-hydrogen) atoms. The molecule has 2 saturated heterocycles. The lowest BCUT2D eigenvalue weighted by molar-refractivity contribution is -0.151. The molecule has 3 aliphatic rings. The predicted molar refractivity (Wildman–Crippen MR) is 98.5 cm³/mol. The van der Waals surface area contributed by atoms with E-state index in [-0.39, 0.29) is 32.0 Å². The second kappa shape index (κ2) is 7.83. The number of fused-ring (bicyclic) bond motifs is 1. The lowest BCUT2D eigenvalue weighted by atomic mass is 9.91. The summed E-state index contributed by atoms with van der Waals surface area (Å²) in [4.78, 5) is 28.1. The molecule has 0 saturated carbocycles. The number of hydrogen-bond acceptors (Lipinski definition) is 5. The second-order valence-corrected chi connectivity index (χ2v) is 7.15. The summed E-state index contributed by atoms with van der Waals surface area (Å²) in [6.45, 7) is 3.04. The summed E-state index contributed by atoms with van der Waals surface area (Å²) in [5, 5.41) is 2.80. The molecule has 0 atom stereocenters. The fraction of sp³-hybridized carbons (Fsp3) is 0.579. The van der Waals surface area contributed by atoms with Crippen molar-refractivity contribution in [2.75, 3.05) is 57.9 Å². The molecule has 0 radical (unpaired) electrons. The van der Waals surface area contributed by atoms with Crippen molar-refractivity contribution in [3.8, 4) is 11.5 Å². The van der Waals surface area contributed by atoms with Gasteiger partial charge in [-0.2, -0.15) is 0 Å². The number of halogens is 1. The number of carbonyl (C=O) groups is 2. The average Bonchev–Trinajstić information content (AvgIpc) is 2.74. The van der Waals surface area contributed by atoms with Gasteiger partial charge in [-0.25, -0.2) is 9.18 Å². The Hall–Kier alpha value is -2.55. The number of urea groups is 1. The fourth-order valence-electron chi connectivity index (χ4n) is 3.65. The molecule has 0 aromatic heterocycles. The zero-order valence-corrected chi connectivity index (χ0v) is 15.6. The Balaban J connectivity index is 1.33. The largest absolute Gasteiger partial charge is 0.486 e. The molecule has 3 amide bonds. The van der Waals surface area contributed by atoms with Gasteiger partial charge in [-0.05, 0) is 12.1 Å². The number of piperidine rings is 1. The van der Waals surface area contributed by atoms with Crippen LogP contribution in [0.25, 0.3) is 0 Å². The molecule has 1 N–H and O–H groups in total. The molecule has 3 heterocycles. The third-order valence-electron chi connectivity index (χ3n) is 5.32. The fourth-order valence-corrected chi connectivity index (χ4v) is 3.65. The Morgan fingerprint density at radius 1 is 0.929 bits per heavy atom. The van der Waals surface area contributed by atoms with E-state index in [1.807, 2.05) is 0 Å². The molecular formula is C19H24FN3O5. The highest BCUT2D eigenvalue weighted by atomic mass is 19.1. The number of likely N-dealkylation sites (tertiary alicyclic amines) is 1. The normalized spacial score (nSPS) is 21.2. The van der Waals surface area contributed by atoms with E-state index in [2.05, 4.69) is 5.32 Å². The maximum absolute atomic E-state index is 15.2. The minimum atomic E-state index is -1.91. The van der Waals surface area contributed by atoms with E-state index < -0.39 is 11.6 Å². The Labute approximate surface area is 162 Å². The van der Waals surface area contributed by atoms with Crippen LogP contribution in [-0.4, -0.2) is 80.0 Å². The van der Waals surface area contributed by atoms with Crippen LogP contribution in [0, 0.1) is 0 Å². The van der Waals surface area contributed by atoms with Gasteiger partial charge in [0.25, 0.3) is 5.91 Å². The molecule has 1 aromatic rings. The monoisotopic (exact) mass is 393 g/mol. The SMILES string of the molecule is O=C(Nc1ccc2c(c1)OCCO2)N1CCC(F)(C(=O)N2CCOCC2)CC1. The second-order valence-electron chi connectivity index (χ2n) is 7.15. The third-order valence-corrected chi connectivity index (χ3v) is 5.32. The van der Waals surface area contributed by atoms with Crippen molar-refractivity contribution in [3.05, 3.63) is 18.2 Å². The van der Waals surface area contributed by atoms with Gasteiger partial charge < -0.3 is 29.3 Å². The van der Waals surface area contributed by atoms with Crippen LogP contribution in [0.3, 0.4) is 0 Å². The van der Waals surface area contributed by atoms with E-state index in [1.165, 1.54) is 9.80 Å². The first kappa shape index (κ1) is 18.8. The van der Waals surface area contributed by atoms with Gasteiger partial charge in [-0.1, -0.05) is 0 Å².